The van der Waals surface area contributed by atoms with Crippen molar-refractivity contribution in [1.29, 1.82) is 0 Å². The van der Waals surface area contributed by atoms with Crippen molar-refractivity contribution in [3.8, 4) is 0 Å². The van der Waals surface area contributed by atoms with Gasteiger partial charge >= 0.3 is 0 Å². The van der Waals surface area contributed by atoms with E-state index in [-0.39, 0.29) is 11.8 Å². The Labute approximate surface area is 142 Å². The first-order chi connectivity index (χ1) is 11.2. The fourth-order valence-corrected chi connectivity index (χ4v) is 3.88. The number of carbonyl (C=O) groups excluding carboxylic acids is 1. The highest BCUT2D eigenvalue weighted by Gasteiger charge is 2.26. The van der Waals surface area contributed by atoms with E-state index >= 15 is 0 Å². The number of aromatic nitrogens is 2. The Kier molecular flexibility index (Phi) is 5.60. The summed E-state index contributed by atoms with van der Waals surface area (Å²) in [4.78, 5) is 13.3. The van der Waals surface area contributed by atoms with Gasteiger partial charge in [-0.25, -0.2) is 0 Å². The molecular weight excluding hydrogens is 332 g/mol. The van der Waals surface area contributed by atoms with E-state index < -0.39 is 6.04 Å². The Morgan fingerprint density at radius 1 is 1.35 bits per heavy atom. The van der Waals surface area contributed by atoms with E-state index in [1.54, 1.807) is 17.3 Å². The molecule has 0 bridgehead atoms. The number of nitrogens with two attached hydrogens (primary N) is 1. The van der Waals surface area contributed by atoms with Gasteiger partial charge in [0.25, 0.3) is 0 Å². The molecule has 1 aromatic heterocycles. The summed E-state index contributed by atoms with van der Waals surface area (Å²) in [5.74, 6) is 0.0532. The molecule has 1 aliphatic rings. The van der Waals surface area contributed by atoms with E-state index in [9.17, 15) is 4.79 Å². The number of carbonyl (C=O) groups is 1. The predicted octanol–water partition coefficient (Wildman–Crippen LogP) is 2.38. The van der Waals surface area contributed by atoms with Gasteiger partial charge in [0.05, 0.1) is 6.04 Å². The van der Waals surface area contributed by atoms with Crippen molar-refractivity contribution < 1.29 is 9.53 Å². The number of nitrogens with one attached hydrogen (secondary N) is 1. The Morgan fingerprint density at radius 3 is 2.74 bits per heavy atom. The maximum Gasteiger partial charge on any atom is 0.241 e. The third-order valence-corrected chi connectivity index (χ3v) is 5.53. The summed E-state index contributed by atoms with van der Waals surface area (Å²) in [6.07, 6.45) is 1.68. The number of ether oxygens (including phenoxy) is 1. The zero-order valence-corrected chi connectivity index (χ0v) is 14.1. The topological polar surface area (TPSA) is 90.1 Å². The van der Waals surface area contributed by atoms with Crippen molar-refractivity contribution in [3.63, 3.8) is 0 Å². The van der Waals surface area contributed by atoms with Crippen LogP contribution in [0.15, 0.2) is 39.0 Å². The van der Waals surface area contributed by atoms with Crippen LogP contribution < -0.4 is 11.1 Å². The highest BCUT2D eigenvalue weighted by molar-refractivity contribution is 8.01. The second kappa shape index (κ2) is 7.87. The molecule has 2 aromatic rings. The van der Waals surface area contributed by atoms with Gasteiger partial charge in [-0.3, -0.25) is 4.79 Å². The first-order valence-corrected chi connectivity index (χ1v) is 9.10. The van der Waals surface area contributed by atoms with Crippen molar-refractivity contribution in [1.82, 2.24) is 10.2 Å². The second-order valence-corrected chi connectivity index (χ2v) is 7.45. The van der Waals surface area contributed by atoms with Gasteiger partial charge in [-0.15, -0.1) is 10.2 Å². The van der Waals surface area contributed by atoms with E-state index in [4.69, 9.17) is 10.5 Å². The van der Waals surface area contributed by atoms with Gasteiger partial charge in [-0.2, -0.15) is 0 Å². The van der Waals surface area contributed by atoms with E-state index in [0.29, 0.717) is 13.2 Å². The molecular formula is C15H18N4O2S2. The molecule has 1 aliphatic heterocycles. The van der Waals surface area contributed by atoms with Crippen LogP contribution in [0.1, 0.15) is 12.8 Å². The molecule has 3 N–H and O–H groups in total. The van der Waals surface area contributed by atoms with Crippen molar-refractivity contribution >= 4 is 34.7 Å². The fourth-order valence-electron chi connectivity index (χ4n) is 2.43. The minimum atomic E-state index is -0.491. The Morgan fingerprint density at radius 2 is 2.09 bits per heavy atom. The average molecular weight is 350 g/mol. The number of nitrogens with zero attached hydrogens (tertiary/aromatic N) is 2. The van der Waals surface area contributed by atoms with Crippen LogP contribution in [0.2, 0.25) is 0 Å². The molecule has 0 aliphatic carbocycles. The molecule has 2 heterocycles. The number of anilines is 1. The molecule has 6 nitrogen and oxygen atoms in total. The number of hydrogen-bond donors (Lipinski definition) is 2. The highest BCUT2D eigenvalue weighted by Crippen LogP contribution is 2.29. The Balaban J connectivity index is 1.55. The lowest BCUT2D eigenvalue weighted by Gasteiger charge is -2.26. The van der Waals surface area contributed by atoms with Gasteiger partial charge < -0.3 is 15.8 Å². The Hall–Kier alpha value is -1.48. The van der Waals surface area contributed by atoms with Gasteiger partial charge in [0.2, 0.25) is 5.91 Å². The molecule has 1 atom stereocenters. The van der Waals surface area contributed by atoms with Crippen LogP contribution in [-0.2, 0) is 9.53 Å². The number of amides is 1. The van der Waals surface area contributed by atoms with Crippen LogP contribution in [0, 0.1) is 5.92 Å². The molecule has 23 heavy (non-hydrogen) atoms. The lowest BCUT2D eigenvalue weighted by atomic mass is 9.92. The summed E-state index contributed by atoms with van der Waals surface area (Å²) in [6, 6.07) is 7.15. The van der Waals surface area contributed by atoms with Gasteiger partial charge in [0, 0.05) is 23.8 Å². The standard InChI is InChI=1S/C15H18N4O2S2/c16-13(10-5-7-21-8-6-10)14(20)18-11-1-3-12(4-2-11)23-15-19-17-9-22-15/h1-4,9-10,13H,5-8,16H2,(H,18,20). The van der Waals surface area contributed by atoms with Crippen LogP contribution in [0.3, 0.4) is 0 Å². The molecule has 1 amide bonds. The highest BCUT2D eigenvalue weighted by atomic mass is 32.2. The summed E-state index contributed by atoms with van der Waals surface area (Å²) in [5, 5.41) is 10.7. The maximum atomic E-state index is 12.3. The third-order valence-electron chi connectivity index (χ3n) is 3.74. The smallest absolute Gasteiger partial charge is 0.241 e. The van der Waals surface area contributed by atoms with E-state index in [0.717, 1.165) is 27.8 Å². The normalized spacial score (nSPS) is 16.9. The van der Waals surface area contributed by atoms with E-state index in [1.807, 2.05) is 24.3 Å². The molecule has 3 rings (SSSR count). The summed E-state index contributed by atoms with van der Waals surface area (Å²) in [5.41, 5.74) is 8.53. The van der Waals surface area contributed by atoms with Crippen molar-refractivity contribution in [3.05, 3.63) is 29.8 Å². The predicted molar refractivity (Wildman–Crippen MR) is 90.6 cm³/mol. The average Bonchev–Trinajstić information content (AvgIpc) is 3.10. The SMILES string of the molecule is NC(C(=O)Nc1ccc(Sc2nncs2)cc1)C1CCOCC1. The number of hydrogen-bond acceptors (Lipinski definition) is 7. The largest absolute Gasteiger partial charge is 0.381 e. The maximum absolute atomic E-state index is 12.3. The van der Waals surface area contributed by atoms with Crippen LogP contribution >= 0.6 is 23.1 Å². The van der Waals surface area contributed by atoms with Crippen molar-refractivity contribution in [2.45, 2.75) is 28.1 Å². The molecule has 122 valence electrons. The summed E-state index contributed by atoms with van der Waals surface area (Å²) < 4.78 is 6.20. The molecule has 0 radical (unpaired) electrons. The summed E-state index contributed by atoms with van der Waals surface area (Å²) >= 11 is 3.04. The molecule has 1 fully saturated rings. The number of rotatable bonds is 5. The van der Waals surface area contributed by atoms with E-state index in [1.165, 1.54) is 11.3 Å². The van der Waals surface area contributed by atoms with Crippen molar-refractivity contribution in [2.75, 3.05) is 18.5 Å². The second-order valence-electron chi connectivity index (χ2n) is 5.30. The lowest BCUT2D eigenvalue weighted by Crippen LogP contribution is -2.43. The minimum absolute atomic E-state index is 0.138. The van der Waals surface area contributed by atoms with Crippen LogP contribution in [-0.4, -0.2) is 35.4 Å². The molecule has 0 spiro atoms. The fraction of sp³-hybridized carbons (Fsp3) is 0.400. The van der Waals surface area contributed by atoms with Crippen molar-refractivity contribution in [2.24, 2.45) is 11.7 Å². The summed E-state index contributed by atoms with van der Waals surface area (Å²) in [7, 11) is 0. The van der Waals surface area contributed by atoms with Gasteiger partial charge in [-0.05, 0) is 43.0 Å². The van der Waals surface area contributed by atoms with Gasteiger partial charge in [0.1, 0.15) is 5.51 Å². The van der Waals surface area contributed by atoms with Crippen LogP contribution in [0.25, 0.3) is 0 Å². The quantitative estimate of drug-likeness (QED) is 0.860. The molecule has 1 unspecified atom stereocenters. The van der Waals surface area contributed by atoms with Crippen LogP contribution in [0.4, 0.5) is 5.69 Å². The first-order valence-electron chi connectivity index (χ1n) is 7.40. The van der Waals surface area contributed by atoms with E-state index in [2.05, 4.69) is 15.5 Å². The van der Waals surface area contributed by atoms with Gasteiger partial charge in [0.15, 0.2) is 4.34 Å². The number of benzene rings is 1. The molecule has 8 heteroatoms. The summed E-state index contributed by atoms with van der Waals surface area (Å²) in [6.45, 7) is 1.37. The third kappa shape index (κ3) is 4.51. The van der Waals surface area contributed by atoms with Gasteiger partial charge in [-0.1, -0.05) is 23.1 Å². The first kappa shape index (κ1) is 16.4. The molecule has 1 saturated heterocycles. The minimum Gasteiger partial charge on any atom is -0.381 e. The molecule has 0 saturated carbocycles. The zero-order valence-electron chi connectivity index (χ0n) is 12.5. The zero-order chi connectivity index (χ0) is 16.1. The Bertz CT molecular complexity index is 627. The van der Waals surface area contributed by atoms with Crippen LogP contribution in [0.5, 0.6) is 0 Å². The molecule has 1 aromatic carbocycles. The lowest BCUT2D eigenvalue weighted by molar-refractivity contribution is -0.119. The monoisotopic (exact) mass is 350 g/mol.